The van der Waals surface area contributed by atoms with Crippen LogP contribution in [0.3, 0.4) is 0 Å². The zero-order chi connectivity index (χ0) is 24.2. The Morgan fingerprint density at radius 1 is 1.24 bits per heavy atom. The normalized spacial score (nSPS) is 14.1. The Labute approximate surface area is 209 Å². The summed E-state index contributed by atoms with van der Waals surface area (Å²) in [5, 5.41) is 11.7. The van der Waals surface area contributed by atoms with Crippen LogP contribution in [0.2, 0.25) is 10.0 Å². The van der Waals surface area contributed by atoms with Crippen LogP contribution in [0.1, 0.15) is 46.1 Å². The fourth-order valence-corrected chi connectivity index (χ4v) is 4.38. The molecule has 0 atom stereocenters. The van der Waals surface area contributed by atoms with E-state index >= 15 is 0 Å². The fraction of sp³-hybridized carbons (Fsp3) is 0.238. The molecule has 1 amide bonds. The number of amides is 1. The van der Waals surface area contributed by atoms with Gasteiger partial charge in [0.1, 0.15) is 11.3 Å². The first-order chi connectivity index (χ1) is 16.1. The van der Waals surface area contributed by atoms with Gasteiger partial charge in [0.05, 0.1) is 17.2 Å². The van der Waals surface area contributed by atoms with Crippen LogP contribution < -0.4 is 5.32 Å². The zero-order valence-corrected chi connectivity index (χ0v) is 20.2. The van der Waals surface area contributed by atoms with Crippen LogP contribution in [-0.4, -0.2) is 30.3 Å². The second kappa shape index (κ2) is 8.54. The summed E-state index contributed by atoms with van der Waals surface area (Å²) >= 11 is 15.5. The number of alkyl halides is 3. The average molecular weight is 574 g/mol. The number of nitrogens with zero attached hydrogens (tertiary/aromatic N) is 5. The molecule has 34 heavy (non-hydrogen) atoms. The van der Waals surface area contributed by atoms with E-state index in [1.54, 1.807) is 29.1 Å². The Hall–Kier alpha value is -2.63. The molecule has 0 unspecified atom stereocenters. The number of hydrogen-bond acceptors (Lipinski definition) is 4. The van der Waals surface area contributed by atoms with Crippen molar-refractivity contribution in [2.75, 3.05) is 5.32 Å². The van der Waals surface area contributed by atoms with Gasteiger partial charge in [0.25, 0.3) is 5.91 Å². The van der Waals surface area contributed by atoms with E-state index in [9.17, 15) is 18.0 Å². The van der Waals surface area contributed by atoms with Gasteiger partial charge in [0, 0.05) is 27.9 Å². The molecule has 1 aliphatic carbocycles. The molecule has 0 bridgehead atoms. The van der Waals surface area contributed by atoms with Crippen LogP contribution in [0.25, 0.3) is 5.65 Å². The number of rotatable bonds is 5. The molecule has 0 aliphatic heterocycles. The summed E-state index contributed by atoms with van der Waals surface area (Å²) in [5.41, 5.74) is -0.144. The summed E-state index contributed by atoms with van der Waals surface area (Å²) in [4.78, 5) is 17.3. The number of anilines is 1. The summed E-state index contributed by atoms with van der Waals surface area (Å²) in [6.07, 6.45) is -0.407. The van der Waals surface area contributed by atoms with Crippen molar-refractivity contribution in [2.45, 2.75) is 31.5 Å². The van der Waals surface area contributed by atoms with Crippen molar-refractivity contribution in [1.82, 2.24) is 24.4 Å². The standard InChI is InChI=1S/C21H14BrCl2F3N6O/c22-14-9-32(8-11-3-4-12(23)5-15(11)24)31-18(14)30-20(34)13-7-28-33-17(21(25,26)27)6-16(10-1-2-10)29-19(13)33/h3-7,9-10H,1-2,8H2,(H,30,31,34). The molecule has 1 aliphatic rings. The summed E-state index contributed by atoms with van der Waals surface area (Å²) in [5.74, 6) is -0.538. The van der Waals surface area contributed by atoms with Crippen molar-refractivity contribution in [2.24, 2.45) is 0 Å². The lowest BCUT2D eigenvalue weighted by Gasteiger charge is -2.11. The predicted octanol–water partition coefficient (Wildman–Crippen LogP) is 6.19. The number of fused-ring (bicyclic) bond motifs is 1. The van der Waals surface area contributed by atoms with Crippen LogP contribution in [0.15, 0.2) is 41.1 Å². The van der Waals surface area contributed by atoms with Gasteiger partial charge in [-0.2, -0.15) is 23.4 Å². The summed E-state index contributed by atoms with van der Waals surface area (Å²) in [6, 6.07) is 6.08. The largest absolute Gasteiger partial charge is 0.433 e. The third-order valence-corrected chi connectivity index (χ3v) is 6.49. The molecule has 176 valence electrons. The molecule has 1 N–H and O–H groups in total. The molecular formula is C21H14BrCl2F3N6O. The van der Waals surface area contributed by atoms with Crippen molar-refractivity contribution in [3.8, 4) is 0 Å². The molecule has 1 fully saturated rings. The molecular weight excluding hydrogens is 560 g/mol. The van der Waals surface area contributed by atoms with E-state index in [0.29, 0.717) is 31.3 Å². The van der Waals surface area contributed by atoms with E-state index < -0.39 is 17.8 Å². The molecule has 7 nitrogen and oxygen atoms in total. The quantitative estimate of drug-likeness (QED) is 0.309. The first-order valence-electron chi connectivity index (χ1n) is 10.0. The van der Waals surface area contributed by atoms with E-state index in [0.717, 1.165) is 30.7 Å². The molecule has 13 heteroatoms. The first kappa shape index (κ1) is 23.1. The van der Waals surface area contributed by atoms with Crippen LogP contribution in [-0.2, 0) is 12.7 Å². The maximum absolute atomic E-state index is 13.6. The summed E-state index contributed by atoms with van der Waals surface area (Å²) in [7, 11) is 0. The average Bonchev–Trinajstić information content (AvgIpc) is 3.43. The number of hydrogen-bond donors (Lipinski definition) is 1. The molecule has 0 saturated heterocycles. The van der Waals surface area contributed by atoms with Gasteiger partial charge < -0.3 is 5.32 Å². The van der Waals surface area contributed by atoms with E-state index in [1.807, 2.05) is 0 Å². The van der Waals surface area contributed by atoms with Crippen molar-refractivity contribution in [3.05, 3.63) is 73.7 Å². The number of carbonyl (C=O) groups excluding carboxylic acids is 1. The van der Waals surface area contributed by atoms with Crippen molar-refractivity contribution >= 4 is 56.5 Å². The van der Waals surface area contributed by atoms with E-state index in [2.05, 4.69) is 36.4 Å². The van der Waals surface area contributed by atoms with E-state index in [4.69, 9.17) is 23.2 Å². The molecule has 0 spiro atoms. The molecule has 1 aromatic carbocycles. The minimum Gasteiger partial charge on any atom is -0.304 e. The summed E-state index contributed by atoms with van der Waals surface area (Å²) in [6.45, 7) is 0.308. The predicted molar refractivity (Wildman–Crippen MR) is 123 cm³/mol. The highest BCUT2D eigenvalue weighted by atomic mass is 79.9. The van der Waals surface area contributed by atoms with Gasteiger partial charge in [-0.15, -0.1) is 0 Å². The van der Waals surface area contributed by atoms with E-state index in [-0.39, 0.29) is 22.9 Å². The molecule has 0 radical (unpaired) electrons. The lowest BCUT2D eigenvalue weighted by atomic mass is 10.2. The Balaban J connectivity index is 1.44. The van der Waals surface area contributed by atoms with Crippen LogP contribution >= 0.6 is 39.1 Å². The lowest BCUT2D eigenvalue weighted by molar-refractivity contribution is -0.142. The first-order valence-corrected chi connectivity index (χ1v) is 11.6. The molecule has 3 heterocycles. The second-order valence-electron chi connectivity index (χ2n) is 7.85. The SMILES string of the molecule is O=C(Nc1nn(Cc2ccc(Cl)cc2Cl)cc1Br)c1cnn2c(C(F)(F)F)cc(C3CC3)nc12. The Bertz CT molecular complexity index is 1430. The molecule has 3 aromatic heterocycles. The highest BCUT2D eigenvalue weighted by molar-refractivity contribution is 9.10. The van der Waals surface area contributed by atoms with Crippen molar-refractivity contribution in [3.63, 3.8) is 0 Å². The van der Waals surface area contributed by atoms with Crippen LogP contribution in [0, 0.1) is 0 Å². The van der Waals surface area contributed by atoms with Crippen LogP contribution in [0.5, 0.6) is 0 Å². The van der Waals surface area contributed by atoms with Gasteiger partial charge in [-0.25, -0.2) is 9.50 Å². The van der Waals surface area contributed by atoms with Crippen molar-refractivity contribution < 1.29 is 18.0 Å². The highest BCUT2D eigenvalue weighted by Gasteiger charge is 2.38. The molecule has 5 rings (SSSR count). The van der Waals surface area contributed by atoms with Gasteiger partial charge in [-0.3, -0.25) is 9.48 Å². The molecule has 4 aromatic rings. The number of carbonyl (C=O) groups is 1. The van der Waals surface area contributed by atoms with Gasteiger partial charge in [0.15, 0.2) is 11.5 Å². The van der Waals surface area contributed by atoms with Gasteiger partial charge >= 0.3 is 6.18 Å². The second-order valence-corrected chi connectivity index (χ2v) is 9.54. The number of benzene rings is 1. The lowest BCUT2D eigenvalue weighted by Crippen LogP contribution is -2.16. The van der Waals surface area contributed by atoms with Gasteiger partial charge in [0.2, 0.25) is 0 Å². The monoisotopic (exact) mass is 572 g/mol. The third kappa shape index (κ3) is 4.51. The fourth-order valence-electron chi connectivity index (χ4n) is 3.49. The minimum atomic E-state index is -4.64. The maximum Gasteiger partial charge on any atom is 0.433 e. The number of aromatic nitrogens is 5. The Morgan fingerprint density at radius 2 is 2.00 bits per heavy atom. The zero-order valence-electron chi connectivity index (χ0n) is 17.1. The van der Waals surface area contributed by atoms with E-state index in [1.165, 1.54) is 0 Å². The highest BCUT2D eigenvalue weighted by Crippen LogP contribution is 2.41. The van der Waals surface area contributed by atoms with Crippen LogP contribution in [0.4, 0.5) is 19.0 Å². The minimum absolute atomic E-state index is 0.0403. The Kier molecular flexibility index (Phi) is 5.81. The number of nitrogens with one attached hydrogen (secondary N) is 1. The summed E-state index contributed by atoms with van der Waals surface area (Å²) < 4.78 is 43.5. The topological polar surface area (TPSA) is 77.1 Å². The molecule has 1 saturated carbocycles. The smallest absolute Gasteiger partial charge is 0.304 e. The van der Waals surface area contributed by atoms with Crippen molar-refractivity contribution in [1.29, 1.82) is 0 Å². The Morgan fingerprint density at radius 3 is 2.68 bits per heavy atom. The maximum atomic E-state index is 13.6. The van der Waals surface area contributed by atoms with Gasteiger partial charge in [-0.1, -0.05) is 29.3 Å². The van der Waals surface area contributed by atoms with Gasteiger partial charge in [-0.05, 0) is 52.5 Å². The third-order valence-electron chi connectivity index (χ3n) is 5.32. The number of halogens is 6.